The van der Waals surface area contributed by atoms with Crippen LogP contribution in [0.3, 0.4) is 0 Å². The topological polar surface area (TPSA) is 58.2 Å². The van der Waals surface area contributed by atoms with Gasteiger partial charge in [0, 0.05) is 16.7 Å². The molecule has 5 nitrogen and oxygen atoms in total. The molecule has 0 saturated heterocycles. The largest absolute Gasteiger partial charge is 0.497 e. The van der Waals surface area contributed by atoms with E-state index in [-0.39, 0.29) is 11.9 Å². The van der Waals surface area contributed by atoms with Crippen molar-refractivity contribution < 1.29 is 9.53 Å². The number of aromatic nitrogens is 2. The van der Waals surface area contributed by atoms with E-state index in [1.807, 2.05) is 62.1 Å². The normalized spacial score (nSPS) is 16.3. The van der Waals surface area contributed by atoms with Crippen LogP contribution in [0.1, 0.15) is 48.4 Å². The number of carbonyl (C=O) groups excluding carboxylic acids is 1. The molecule has 7 heteroatoms. The second kappa shape index (κ2) is 7.08. The molecule has 0 radical (unpaired) electrons. The Labute approximate surface area is 179 Å². The van der Waals surface area contributed by atoms with Gasteiger partial charge in [0.2, 0.25) is 0 Å². The molecule has 150 valence electrons. The van der Waals surface area contributed by atoms with Gasteiger partial charge < -0.3 is 9.64 Å². The molecule has 1 N–H and O–H groups in total. The van der Waals surface area contributed by atoms with E-state index in [2.05, 4.69) is 10.2 Å². The minimum Gasteiger partial charge on any atom is -0.497 e. The minimum atomic E-state index is -0.412. The maximum atomic E-state index is 13.3. The third-order valence-corrected chi connectivity index (χ3v) is 5.85. The number of amides is 1. The smallest absolute Gasteiger partial charge is 0.273 e. The lowest BCUT2D eigenvalue weighted by Gasteiger charge is -2.37. The Morgan fingerprint density at radius 3 is 2.34 bits per heavy atom. The molecule has 2 heterocycles. The van der Waals surface area contributed by atoms with Gasteiger partial charge in [0.05, 0.1) is 28.9 Å². The van der Waals surface area contributed by atoms with Gasteiger partial charge in [-0.3, -0.25) is 9.89 Å². The van der Waals surface area contributed by atoms with Gasteiger partial charge in [0.1, 0.15) is 11.4 Å². The number of H-pyrrole nitrogens is 1. The van der Waals surface area contributed by atoms with Crippen molar-refractivity contribution in [3.8, 4) is 17.0 Å². The van der Waals surface area contributed by atoms with E-state index in [1.54, 1.807) is 13.2 Å². The highest BCUT2D eigenvalue weighted by atomic mass is 35.5. The Morgan fingerprint density at radius 1 is 1.07 bits per heavy atom. The Balaban J connectivity index is 1.92. The fourth-order valence-electron chi connectivity index (χ4n) is 3.81. The van der Waals surface area contributed by atoms with Crippen molar-refractivity contribution in [2.75, 3.05) is 7.11 Å². The van der Waals surface area contributed by atoms with Gasteiger partial charge in [-0.25, -0.2) is 0 Å². The molecule has 3 aromatic rings. The number of nitrogens with one attached hydrogen (secondary N) is 1. The number of rotatable bonds is 3. The molecular weight excluding hydrogens is 409 g/mol. The van der Waals surface area contributed by atoms with Crippen LogP contribution in [0.25, 0.3) is 11.3 Å². The lowest BCUT2D eigenvalue weighted by atomic mass is 9.93. The summed E-state index contributed by atoms with van der Waals surface area (Å²) in [6, 6.07) is 12.8. The van der Waals surface area contributed by atoms with Crippen LogP contribution in [-0.2, 0) is 0 Å². The maximum absolute atomic E-state index is 13.3. The summed E-state index contributed by atoms with van der Waals surface area (Å²) in [4.78, 5) is 15.2. The van der Waals surface area contributed by atoms with Crippen molar-refractivity contribution in [2.24, 2.45) is 0 Å². The van der Waals surface area contributed by atoms with Crippen molar-refractivity contribution in [1.82, 2.24) is 15.1 Å². The van der Waals surface area contributed by atoms with Crippen molar-refractivity contribution in [2.45, 2.75) is 32.4 Å². The molecule has 1 atom stereocenters. The number of nitrogens with zero attached hydrogens (tertiary/aromatic N) is 2. The highest BCUT2D eigenvalue weighted by Crippen LogP contribution is 2.46. The highest BCUT2D eigenvalue weighted by Gasteiger charge is 2.46. The molecular formula is C22H21Cl2N3O2. The summed E-state index contributed by atoms with van der Waals surface area (Å²) in [5, 5.41) is 8.36. The summed E-state index contributed by atoms with van der Waals surface area (Å²) in [6.07, 6.45) is 0. The van der Waals surface area contributed by atoms with Crippen LogP contribution in [0.4, 0.5) is 0 Å². The number of methoxy groups -OCH3 is 1. The molecule has 4 rings (SSSR count). The number of hydrogen-bond acceptors (Lipinski definition) is 3. The van der Waals surface area contributed by atoms with Crippen molar-refractivity contribution in [3.63, 3.8) is 0 Å². The molecule has 1 amide bonds. The number of ether oxygens (including phenoxy) is 1. The van der Waals surface area contributed by atoms with Crippen molar-refractivity contribution in [1.29, 1.82) is 0 Å². The summed E-state index contributed by atoms with van der Waals surface area (Å²) in [5.74, 6) is 0.671. The summed E-state index contributed by atoms with van der Waals surface area (Å²) < 4.78 is 5.26. The lowest BCUT2D eigenvalue weighted by molar-refractivity contribution is 0.0546. The van der Waals surface area contributed by atoms with Crippen molar-refractivity contribution >= 4 is 29.1 Å². The summed E-state index contributed by atoms with van der Waals surface area (Å²) in [6.45, 7) is 6.05. The van der Waals surface area contributed by atoms with E-state index < -0.39 is 5.54 Å². The number of fused-ring (bicyclic) bond motifs is 1. The number of carbonyl (C=O) groups is 1. The number of benzene rings is 2. The van der Waals surface area contributed by atoms with Gasteiger partial charge >= 0.3 is 0 Å². The number of halogens is 2. The predicted octanol–water partition coefficient (Wildman–Crippen LogP) is 5.74. The monoisotopic (exact) mass is 429 g/mol. The van der Waals surface area contributed by atoms with E-state index >= 15 is 0 Å². The van der Waals surface area contributed by atoms with Crippen molar-refractivity contribution in [3.05, 3.63) is 69.3 Å². The standard InChI is InChI=1S/C22H21Cl2N3O2/c1-22(2,3)27-20(13-7-10-15(23)16(24)11-13)17-18(25-26-19(17)21(27)28)12-5-8-14(29-4)9-6-12/h5-11,20H,1-4H3,(H,25,26). The summed E-state index contributed by atoms with van der Waals surface area (Å²) >= 11 is 12.4. The van der Waals surface area contributed by atoms with Crippen LogP contribution < -0.4 is 4.74 Å². The zero-order chi connectivity index (χ0) is 20.9. The molecule has 29 heavy (non-hydrogen) atoms. The fourth-order valence-corrected chi connectivity index (χ4v) is 4.11. The number of hydrogen-bond donors (Lipinski definition) is 1. The quantitative estimate of drug-likeness (QED) is 0.577. The highest BCUT2D eigenvalue weighted by molar-refractivity contribution is 6.42. The van der Waals surface area contributed by atoms with Gasteiger partial charge in [0.25, 0.3) is 5.91 Å². The molecule has 1 unspecified atom stereocenters. The molecule has 1 aliphatic rings. The molecule has 0 aliphatic carbocycles. The van der Waals surface area contributed by atoms with Crippen LogP contribution in [-0.4, -0.2) is 33.7 Å². The van der Waals surface area contributed by atoms with Crippen LogP contribution in [0, 0.1) is 0 Å². The first-order valence-corrected chi connectivity index (χ1v) is 9.99. The molecule has 0 bridgehead atoms. The molecule has 1 aliphatic heterocycles. The maximum Gasteiger partial charge on any atom is 0.273 e. The Bertz CT molecular complexity index is 1080. The Morgan fingerprint density at radius 2 is 1.76 bits per heavy atom. The molecule has 1 aromatic heterocycles. The number of aromatic amines is 1. The van der Waals surface area contributed by atoms with E-state index in [0.29, 0.717) is 15.7 Å². The first kappa shape index (κ1) is 19.8. The van der Waals surface area contributed by atoms with Crippen LogP contribution in [0.2, 0.25) is 10.0 Å². The fraction of sp³-hybridized carbons (Fsp3) is 0.273. The first-order chi connectivity index (χ1) is 13.7. The van der Waals surface area contributed by atoms with Gasteiger partial charge in [-0.1, -0.05) is 29.3 Å². The average molecular weight is 430 g/mol. The second-order valence-electron chi connectivity index (χ2n) is 8.01. The zero-order valence-electron chi connectivity index (χ0n) is 16.6. The summed E-state index contributed by atoms with van der Waals surface area (Å²) in [7, 11) is 1.63. The Hall–Kier alpha value is -2.50. The Kier molecular flexibility index (Phi) is 4.83. The lowest BCUT2D eigenvalue weighted by Crippen LogP contribution is -2.44. The van der Waals surface area contributed by atoms with E-state index in [1.165, 1.54) is 0 Å². The predicted molar refractivity (Wildman–Crippen MR) is 115 cm³/mol. The summed E-state index contributed by atoms with van der Waals surface area (Å²) in [5.41, 5.74) is 3.45. The van der Waals surface area contributed by atoms with Gasteiger partial charge in [-0.2, -0.15) is 5.10 Å². The average Bonchev–Trinajstić information content (AvgIpc) is 3.23. The first-order valence-electron chi connectivity index (χ1n) is 9.23. The van der Waals surface area contributed by atoms with Gasteiger partial charge in [0.15, 0.2) is 0 Å². The second-order valence-corrected chi connectivity index (χ2v) is 8.83. The van der Waals surface area contributed by atoms with Gasteiger partial charge in [-0.15, -0.1) is 0 Å². The van der Waals surface area contributed by atoms with Crippen LogP contribution in [0.5, 0.6) is 5.75 Å². The molecule has 0 saturated carbocycles. The zero-order valence-corrected chi connectivity index (χ0v) is 18.1. The third-order valence-electron chi connectivity index (χ3n) is 5.11. The molecule has 0 spiro atoms. The van der Waals surface area contributed by atoms with Gasteiger partial charge in [-0.05, 0) is 62.7 Å². The third kappa shape index (κ3) is 3.28. The SMILES string of the molecule is COc1ccc(-c2n[nH]c3c2C(c2ccc(Cl)c(Cl)c2)N(C(C)(C)C)C3=O)cc1. The van der Waals surface area contributed by atoms with Crippen LogP contribution >= 0.6 is 23.2 Å². The van der Waals surface area contributed by atoms with Crippen LogP contribution in [0.15, 0.2) is 42.5 Å². The van der Waals surface area contributed by atoms with E-state index in [0.717, 1.165) is 28.1 Å². The molecule has 0 fully saturated rings. The van der Waals surface area contributed by atoms with E-state index in [4.69, 9.17) is 27.9 Å². The van der Waals surface area contributed by atoms with E-state index in [9.17, 15) is 4.79 Å². The molecule has 2 aromatic carbocycles. The minimum absolute atomic E-state index is 0.0872.